The van der Waals surface area contributed by atoms with Crippen LogP contribution in [-0.4, -0.2) is 19.8 Å². The predicted molar refractivity (Wildman–Crippen MR) is 106 cm³/mol. The summed E-state index contributed by atoms with van der Waals surface area (Å²) >= 11 is 1.64. The summed E-state index contributed by atoms with van der Waals surface area (Å²) in [5.74, 6) is 1.00. The lowest BCUT2D eigenvalue weighted by molar-refractivity contribution is 0.297. The van der Waals surface area contributed by atoms with Crippen molar-refractivity contribution in [3.05, 3.63) is 84.2 Å². The molecule has 0 saturated heterocycles. The van der Waals surface area contributed by atoms with Crippen LogP contribution < -0.4 is 4.74 Å². The molecule has 0 radical (unpaired) electrons. The third-order valence-electron chi connectivity index (χ3n) is 4.21. The fraction of sp³-hybridized carbons (Fsp3) is 0.150. The van der Waals surface area contributed by atoms with Crippen LogP contribution in [0.2, 0.25) is 0 Å². The minimum absolute atomic E-state index is 0.0580. The highest BCUT2D eigenvalue weighted by Gasteiger charge is 2.38. The number of aromatic nitrogens is 1. The third kappa shape index (κ3) is 3.59. The summed E-state index contributed by atoms with van der Waals surface area (Å²) in [5, 5.41) is -0.0580. The molecule has 1 aromatic heterocycles. The van der Waals surface area contributed by atoms with Gasteiger partial charge in [0, 0.05) is 16.7 Å². The summed E-state index contributed by atoms with van der Waals surface area (Å²) in [7, 11) is -2.80. The van der Waals surface area contributed by atoms with E-state index in [0.29, 0.717) is 23.0 Å². The van der Waals surface area contributed by atoms with Crippen molar-refractivity contribution in [1.82, 2.24) is 4.98 Å². The number of nitrogens with zero attached hydrogens (tertiary/aromatic N) is 1. The molecule has 0 fully saturated rings. The number of ether oxygens (including phenoxy) is 1. The van der Waals surface area contributed by atoms with Gasteiger partial charge in [0.15, 0.2) is 0 Å². The Kier molecular flexibility index (Phi) is 4.91. The molecule has 1 aliphatic rings. The van der Waals surface area contributed by atoms with Crippen LogP contribution in [0.15, 0.2) is 82.7 Å². The summed E-state index contributed by atoms with van der Waals surface area (Å²) in [4.78, 5) is 5.98. The molecule has 26 heavy (non-hydrogen) atoms. The Morgan fingerprint density at radius 3 is 2.58 bits per heavy atom. The summed E-state index contributed by atoms with van der Waals surface area (Å²) in [5.41, 5.74) is 1.72. The SMILES string of the molecule is OS1(O)CC(Sc2ccccc2)c2c(OCc3ccccn3)cccc21. The van der Waals surface area contributed by atoms with Gasteiger partial charge < -0.3 is 4.74 Å². The Bertz CT molecular complexity index is 888. The minimum Gasteiger partial charge on any atom is -0.487 e. The molecule has 6 heteroatoms. The smallest absolute Gasteiger partial charge is 0.130 e. The molecule has 0 bridgehead atoms. The lowest BCUT2D eigenvalue weighted by Crippen LogP contribution is -2.02. The maximum Gasteiger partial charge on any atom is 0.130 e. The number of thioether (sulfide) groups is 1. The molecule has 1 atom stereocenters. The van der Waals surface area contributed by atoms with Gasteiger partial charge in [0.1, 0.15) is 12.4 Å². The van der Waals surface area contributed by atoms with Crippen LogP contribution in [0.1, 0.15) is 16.5 Å². The van der Waals surface area contributed by atoms with E-state index in [1.165, 1.54) is 0 Å². The van der Waals surface area contributed by atoms with Gasteiger partial charge in [0.25, 0.3) is 0 Å². The van der Waals surface area contributed by atoms with Crippen molar-refractivity contribution >= 4 is 22.4 Å². The summed E-state index contributed by atoms with van der Waals surface area (Å²) in [6.07, 6.45) is 1.73. The maximum atomic E-state index is 10.6. The molecular formula is C20H19NO3S2. The molecule has 2 heterocycles. The number of hydrogen-bond acceptors (Lipinski definition) is 5. The van der Waals surface area contributed by atoms with E-state index in [4.69, 9.17) is 4.74 Å². The Balaban J connectivity index is 1.64. The molecule has 0 spiro atoms. The summed E-state index contributed by atoms with van der Waals surface area (Å²) in [6, 6.07) is 21.2. The van der Waals surface area contributed by atoms with Gasteiger partial charge in [-0.05, 0) is 36.4 Å². The summed E-state index contributed by atoms with van der Waals surface area (Å²) < 4.78 is 27.1. The standard InChI is InChI=1S/C20H19NO3S2/c22-26(23)14-18(25-16-8-2-1-3-9-16)20-17(10-6-11-19(20)26)24-13-15-7-4-5-12-21-15/h1-12,18,22-23H,13-14H2. The van der Waals surface area contributed by atoms with Gasteiger partial charge in [-0.2, -0.15) is 10.6 Å². The van der Waals surface area contributed by atoms with Crippen LogP contribution in [0.25, 0.3) is 0 Å². The fourth-order valence-corrected chi connectivity index (χ4v) is 6.61. The zero-order valence-corrected chi connectivity index (χ0v) is 15.6. The van der Waals surface area contributed by atoms with Gasteiger partial charge in [0.05, 0.1) is 21.6 Å². The molecular weight excluding hydrogens is 366 g/mol. The van der Waals surface area contributed by atoms with E-state index in [2.05, 4.69) is 4.98 Å². The number of benzene rings is 2. The highest BCUT2D eigenvalue weighted by molar-refractivity contribution is 8.25. The van der Waals surface area contributed by atoms with Crippen molar-refractivity contribution in [2.75, 3.05) is 5.75 Å². The summed E-state index contributed by atoms with van der Waals surface area (Å²) in [6.45, 7) is 0.346. The quantitative estimate of drug-likeness (QED) is 0.597. The first-order chi connectivity index (χ1) is 12.6. The number of fused-ring (bicyclic) bond motifs is 1. The first-order valence-electron chi connectivity index (χ1n) is 8.27. The lowest BCUT2D eigenvalue weighted by atomic mass is 10.1. The van der Waals surface area contributed by atoms with E-state index in [-0.39, 0.29) is 5.25 Å². The van der Waals surface area contributed by atoms with Crippen molar-refractivity contribution in [2.24, 2.45) is 0 Å². The van der Waals surface area contributed by atoms with E-state index in [0.717, 1.165) is 16.2 Å². The predicted octanol–water partition coefficient (Wildman–Crippen LogP) is 5.62. The van der Waals surface area contributed by atoms with Gasteiger partial charge in [0.2, 0.25) is 0 Å². The molecule has 1 aliphatic heterocycles. The minimum atomic E-state index is -2.80. The molecule has 2 N–H and O–H groups in total. The number of rotatable bonds is 5. The molecule has 4 nitrogen and oxygen atoms in total. The van der Waals surface area contributed by atoms with Gasteiger partial charge >= 0.3 is 0 Å². The maximum absolute atomic E-state index is 10.6. The second-order valence-electron chi connectivity index (χ2n) is 6.03. The monoisotopic (exact) mass is 385 g/mol. The van der Waals surface area contributed by atoms with Crippen LogP contribution in [0.5, 0.6) is 5.75 Å². The molecule has 0 aliphatic carbocycles. The average molecular weight is 386 g/mol. The third-order valence-corrected chi connectivity index (χ3v) is 7.51. The Labute approximate surface area is 158 Å². The second kappa shape index (κ2) is 7.32. The van der Waals surface area contributed by atoms with Gasteiger partial charge in [-0.3, -0.25) is 14.1 Å². The Hall–Kier alpha value is -1.99. The van der Waals surface area contributed by atoms with Gasteiger partial charge in [-0.25, -0.2) is 0 Å². The molecule has 1 unspecified atom stereocenters. The molecule has 2 aromatic carbocycles. The van der Waals surface area contributed by atoms with Crippen molar-refractivity contribution < 1.29 is 13.8 Å². The second-order valence-corrected chi connectivity index (χ2v) is 9.41. The fourth-order valence-electron chi connectivity index (χ4n) is 3.03. The van der Waals surface area contributed by atoms with Gasteiger partial charge in [-0.15, -0.1) is 11.8 Å². The number of pyridine rings is 1. The zero-order valence-electron chi connectivity index (χ0n) is 14.0. The van der Waals surface area contributed by atoms with Gasteiger partial charge in [-0.1, -0.05) is 30.3 Å². The van der Waals surface area contributed by atoms with Crippen LogP contribution in [-0.2, 0) is 6.61 Å². The van der Waals surface area contributed by atoms with Crippen molar-refractivity contribution in [3.63, 3.8) is 0 Å². The van der Waals surface area contributed by atoms with Crippen molar-refractivity contribution in [1.29, 1.82) is 0 Å². The topological polar surface area (TPSA) is 62.6 Å². The van der Waals surface area contributed by atoms with Crippen molar-refractivity contribution in [3.8, 4) is 5.75 Å². The molecule has 4 rings (SSSR count). The highest BCUT2D eigenvalue weighted by atomic mass is 32.3. The van der Waals surface area contributed by atoms with E-state index < -0.39 is 10.6 Å². The number of hydrogen-bond donors (Lipinski definition) is 2. The Morgan fingerprint density at radius 1 is 1.00 bits per heavy atom. The molecule has 0 amide bonds. The molecule has 134 valence electrons. The lowest BCUT2D eigenvalue weighted by Gasteiger charge is -2.27. The van der Waals surface area contributed by atoms with E-state index in [1.54, 1.807) is 24.0 Å². The highest BCUT2D eigenvalue weighted by Crippen LogP contribution is 2.64. The largest absolute Gasteiger partial charge is 0.487 e. The van der Waals surface area contributed by atoms with E-state index >= 15 is 0 Å². The first kappa shape index (κ1) is 17.4. The van der Waals surface area contributed by atoms with Crippen LogP contribution in [0, 0.1) is 0 Å². The molecule has 3 aromatic rings. The van der Waals surface area contributed by atoms with Crippen LogP contribution in [0.3, 0.4) is 0 Å². The van der Waals surface area contributed by atoms with Crippen LogP contribution >= 0.6 is 22.4 Å². The average Bonchev–Trinajstić information content (AvgIpc) is 2.92. The molecule has 0 saturated carbocycles. The van der Waals surface area contributed by atoms with Crippen molar-refractivity contribution in [2.45, 2.75) is 21.6 Å². The zero-order chi connectivity index (χ0) is 18.0. The Morgan fingerprint density at radius 2 is 1.81 bits per heavy atom. The first-order valence-corrected chi connectivity index (χ1v) is 10.9. The normalized spacial score (nSPS) is 18.9. The van der Waals surface area contributed by atoms with E-state index in [9.17, 15) is 9.11 Å². The van der Waals surface area contributed by atoms with Crippen LogP contribution in [0.4, 0.5) is 0 Å². The van der Waals surface area contributed by atoms with E-state index in [1.807, 2.05) is 60.7 Å².